The van der Waals surface area contributed by atoms with Gasteiger partial charge in [-0.2, -0.15) is 11.8 Å². The molecule has 0 saturated carbocycles. The van der Waals surface area contributed by atoms with E-state index in [0.717, 1.165) is 30.6 Å². The zero-order valence-corrected chi connectivity index (χ0v) is 15.1. The van der Waals surface area contributed by atoms with Crippen molar-refractivity contribution in [1.82, 2.24) is 5.32 Å². The topological polar surface area (TPSA) is 21.3 Å². The molecule has 0 heterocycles. The van der Waals surface area contributed by atoms with Crippen molar-refractivity contribution in [3.63, 3.8) is 0 Å². The zero-order valence-electron chi connectivity index (χ0n) is 14.2. The van der Waals surface area contributed by atoms with Crippen molar-refractivity contribution < 1.29 is 4.74 Å². The van der Waals surface area contributed by atoms with Crippen LogP contribution in [0.4, 0.5) is 0 Å². The second-order valence-corrected chi connectivity index (χ2v) is 6.64. The monoisotopic (exact) mass is 309 g/mol. The molecule has 2 unspecified atom stereocenters. The van der Waals surface area contributed by atoms with Gasteiger partial charge in [-0.15, -0.1) is 0 Å². The van der Waals surface area contributed by atoms with E-state index in [2.05, 4.69) is 51.2 Å². The van der Waals surface area contributed by atoms with Crippen LogP contribution >= 0.6 is 11.8 Å². The van der Waals surface area contributed by atoms with Gasteiger partial charge in [0.15, 0.2) is 0 Å². The Hall–Kier alpha value is -0.670. The maximum atomic E-state index is 5.78. The van der Waals surface area contributed by atoms with Crippen LogP contribution in [0, 0.1) is 5.92 Å². The summed E-state index contributed by atoms with van der Waals surface area (Å²) in [6, 6.07) is 7.01. The number of thioether (sulfide) groups is 1. The predicted molar refractivity (Wildman–Crippen MR) is 95.3 cm³/mol. The molecule has 120 valence electrons. The lowest BCUT2D eigenvalue weighted by Gasteiger charge is -2.17. The van der Waals surface area contributed by atoms with Crippen molar-refractivity contribution in [2.24, 2.45) is 5.92 Å². The molecule has 1 aromatic rings. The fraction of sp³-hybridized carbons (Fsp3) is 0.667. The van der Waals surface area contributed by atoms with E-state index in [9.17, 15) is 0 Å². The number of nitrogens with one attached hydrogen (secondary N) is 1. The first-order valence-electron chi connectivity index (χ1n) is 8.19. The molecule has 0 aromatic heterocycles. The molecule has 0 spiro atoms. The van der Waals surface area contributed by atoms with Crippen LogP contribution in [-0.2, 0) is 5.75 Å². The summed E-state index contributed by atoms with van der Waals surface area (Å²) in [4.78, 5) is 0. The first-order valence-corrected chi connectivity index (χ1v) is 9.34. The normalized spacial score (nSPS) is 14.0. The minimum Gasteiger partial charge on any atom is -0.494 e. The molecule has 0 radical (unpaired) electrons. The average Bonchev–Trinajstić information content (AvgIpc) is 2.49. The third-order valence-corrected chi connectivity index (χ3v) is 5.07. The van der Waals surface area contributed by atoms with Gasteiger partial charge in [-0.3, -0.25) is 0 Å². The number of ether oxygens (including phenoxy) is 1. The van der Waals surface area contributed by atoms with Gasteiger partial charge in [0.2, 0.25) is 0 Å². The molecule has 0 aliphatic carbocycles. The Morgan fingerprint density at radius 2 is 1.95 bits per heavy atom. The Kier molecular flexibility index (Phi) is 8.86. The van der Waals surface area contributed by atoms with Gasteiger partial charge in [0.1, 0.15) is 5.75 Å². The molecule has 1 aromatic carbocycles. The highest BCUT2D eigenvalue weighted by Gasteiger charge is 2.10. The Morgan fingerprint density at radius 3 is 2.57 bits per heavy atom. The largest absolute Gasteiger partial charge is 0.494 e. The zero-order chi connectivity index (χ0) is 15.7. The first-order chi connectivity index (χ1) is 10.1. The second-order valence-electron chi connectivity index (χ2n) is 5.61. The third kappa shape index (κ3) is 6.31. The maximum absolute atomic E-state index is 5.78. The van der Waals surface area contributed by atoms with Crippen LogP contribution in [0.1, 0.15) is 58.2 Å². The summed E-state index contributed by atoms with van der Waals surface area (Å²) in [5.41, 5.74) is 2.67. The van der Waals surface area contributed by atoms with E-state index in [1.165, 1.54) is 23.3 Å². The Balaban J connectivity index is 2.77. The summed E-state index contributed by atoms with van der Waals surface area (Å²) in [5, 5.41) is 3.48. The van der Waals surface area contributed by atoms with E-state index in [0.29, 0.717) is 6.04 Å². The van der Waals surface area contributed by atoms with Crippen LogP contribution in [0.15, 0.2) is 18.2 Å². The quantitative estimate of drug-likeness (QED) is 0.654. The van der Waals surface area contributed by atoms with E-state index in [1.807, 2.05) is 18.7 Å². The lowest BCUT2D eigenvalue weighted by molar-refractivity contribution is 0.337. The Morgan fingerprint density at radius 1 is 1.19 bits per heavy atom. The SMILES string of the molecule is CCNC(C)c1ccc(OCC)c(CSCC(C)CC)c1. The van der Waals surface area contributed by atoms with Crippen molar-refractivity contribution in [2.45, 2.75) is 52.8 Å². The molecule has 0 aliphatic heterocycles. The van der Waals surface area contributed by atoms with Gasteiger partial charge in [-0.1, -0.05) is 33.3 Å². The standard InChI is InChI=1S/C18H31NOS/c1-6-14(4)12-21-13-17-11-16(15(5)19-7-2)9-10-18(17)20-8-3/h9-11,14-15,19H,6-8,12-13H2,1-5H3. The molecule has 0 aliphatic rings. The van der Waals surface area contributed by atoms with Crippen LogP contribution in [0.25, 0.3) is 0 Å². The van der Waals surface area contributed by atoms with Crippen molar-refractivity contribution in [3.8, 4) is 5.75 Å². The van der Waals surface area contributed by atoms with Crippen molar-refractivity contribution in [2.75, 3.05) is 18.9 Å². The fourth-order valence-electron chi connectivity index (χ4n) is 2.19. The van der Waals surface area contributed by atoms with Gasteiger partial charge >= 0.3 is 0 Å². The smallest absolute Gasteiger partial charge is 0.123 e. The minimum absolute atomic E-state index is 0.393. The van der Waals surface area contributed by atoms with Gasteiger partial charge in [0.05, 0.1) is 6.61 Å². The molecule has 0 bridgehead atoms. The molecule has 0 amide bonds. The van der Waals surface area contributed by atoms with Crippen LogP contribution in [0.2, 0.25) is 0 Å². The number of hydrogen-bond donors (Lipinski definition) is 1. The molecule has 21 heavy (non-hydrogen) atoms. The third-order valence-electron chi connectivity index (χ3n) is 3.75. The number of rotatable bonds is 10. The van der Waals surface area contributed by atoms with Crippen LogP contribution in [-0.4, -0.2) is 18.9 Å². The highest BCUT2D eigenvalue weighted by molar-refractivity contribution is 7.98. The lowest BCUT2D eigenvalue weighted by Crippen LogP contribution is -2.17. The first kappa shape index (κ1) is 18.4. The summed E-state index contributed by atoms with van der Waals surface area (Å²) in [6.45, 7) is 12.7. The second kappa shape index (κ2) is 10.1. The van der Waals surface area contributed by atoms with Crippen LogP contribution < -0.4 is 10.1 Å². The average molecular weight is 310 g/mol. The highest BCUT2D eigenvalue weighted by atomic mass is 32.2. The van der Waals surface area contributed by atoms with E-state index in [1.54, 1.807) is 0 Å². The summed E-state index contributed by atoms with van der Waals surface area (Å²) in [5.74, 6) is 4.08. The molecule has 3 heteroatoms. The summed E-state index contributed by atoms with van der Waals surface area (Å²) < 4.78 is 5.78. The van der Waals surface area contributed by atoms with E-state index in [4.69, 9.17) is 4.74 Å². The summed E-state index contributed by atoms with van der Waals surface area (Å²) in [6.07, 6.45) is 1.25. The molecule has 0 saturated heterocycles. The summed E-state index contributed by atoms with van der Waals surface area (Å²) >= 11 is 2.01. The van der Waals surface area contributed by atoms with Gasteiger partial charge in [-0.05, 0) is 49.8 Å². The maximum Gasteiger partial charge on any atom is 0.123 e. The predicted octanol–water partition coefficient (Wildman–Crippen LogP) is 5.04. The molecule has 1 N–H and O–H groups in total. The molecule has 0 fully saturated rings. The van der Waals surface area contributed by atoms with Crippen molar-refractivity contribution >= 4 is 11.8 Å². The Bertz CT molecular complexity index is 408. The highest BCUT2D eigenvalue weighted by Crippen LogP contribution is 2.28. The molecular formula is C18H31NOS. The van der Waals surface area contributed by atoms with Crippen molar-refractivity contribution in [3.05, 3.63) is 29.3 Å². The summed E-state index contributed by atoms with van der Waals surface area (Å²) in [7, 11) is 0. The van der Waals surface area contributed by atoms with E-state index >= 15 is 0 Å². The lowest BCUT2D eigenvalue weighted by atomic mass is 10.0. The van der Waals surface area contributed by atoms with E-state index in [-0.39, 0.29) is 0 Å². The molecule has 2 nitrogen and oxygen atoms in total. The van der Waals surface area contributed by atoms with E-state index < -0.39 is 0 Å². The van der Waals surface area contributed by atoms with Gasteiger partial charge in [0.25, 0.3) is 0 Å². The fourth-order valence-corrected chi connectivity index (χ4v) is 3.39. The molecule has 2 atom stereocenters. The number of hydrogen-bond acceptors (Lipinski definition) is 3. The number of benzene rings is 1. The van der Waals surface area contributed by atoms with Gasteiger partial charge < -0.3 is 10.1 Å². The van der Waals surface area contributed by atoms with Gasteiger partial charge in [0, 0.05) is 17.4 Å². The van der Waals surface area contributed by atoms with Crippen LogP contribution in [0.3, 0.4) is 0 Å². The van der Waals surface area contributed by atoms with Gasteiger partial charge in [-0.25, -0.2) is 0 Å². The van der Waals surface area contributed by atoms with Crippen LogP contribution in [0.5, 0.6) is 5.75 Å². The molecular weight excluding hydrogens is 278 g/mol. The van der Waals surface area contributed by atoms with Crippen molar-refractivity contribution in [1.29, 1.82) is 0 Å². The molecule has 1 rings (SSSR count). The minimum atomic E-state index is 0.393. The Labute approximate surface area is 135 Å².